The molecular weight excluding hydrogens is 366 g/mol. The summed E-state index contributed by atoms with van der Waals surface area (Å²) in [7, 11) is 4.08. The van der Waals surface area contributed by atoms with Gasteiger partial charge in [-0.05, 0) is 35.9 Å². The third kappa shape index (κ3) is 3.53. The van der Waals surface area contributed by atoms with Gasteiger partial charge in [0, 0.05) is 25.5 Å². The Morgan fingerprint density at radius 3 is 2.36 bits per heavy atom. The zero-order chi connectivity index (χ0) is 19.5. The summed E-state index contributed by atoms with van der Waals surface area (Å²) < 4.78 is 1.71. The van der Waals surface area contributed by atoms with Crippen molar-refractivity contribution in [3.63, 3.8) is 0 Å². The van der Waals surface area contributed by atoms with Gasteiger partial charge in [-0.1, -0.05) is 60.3 Å². The summed E-state index contributed by atoms with van der Waals surface area (Å²) in [5.74, 6) is 0.728. The fourth-order valence-electron chi connectivity index (χ4n) is 3.23. The van der Waals surface area contributed by atoms with Gasteiger partial charge in [0.15, 0.2) is 5.16 Å². The standard InChI is InChI=1S/C23H21N3OS/c1-25(2)21-15-9-6-10-17(21)16-28-23-24-20-14-8-7-13-19(20)22(27)26(23)18-11-4-3-5-12-18/h3-15H,16H2,1-2H3. The van der Waals surface area contributed by atoms with Crippen molar-refractivity contribution in [1.29, 1.82) is 0 Å². The molecule has 1 aromatic heterocycles. The highest BCUT2D eigenvalue weighted by atomic mass is 32.2. The number of para-hydroxylation sites is 3. The molecule has 0 radical (unpaired) electrons. The van der Waals surface area contributed by atoms with Crippen molar-refractivity contribution in [1.82, 2.24) is 9.55 Å². The van der Waals surface area contributed by atoms with Gasteiger partial charge < -0.3 is 4.90 Å². The maximum absolute atomic E-state index is 13.2. The summed E-state index contributed by atoms with van der Waals surface area (Å²) in [6, 6.07) is 25.5. The summed E-state index contributed by atoms with van der Waals surface area (Å²) in [6.07, 6.45) is 0. The highest BCUT2D eigenvalue weighted by molar-refractivity contribution is 7.98. The van der Waals surface area contributed by atoms with Crippen LogP contribution in [0.2, 0.25) is 0 Å². The zero-order valence-corrected chi connectivity index (χ0v) is 16.7. The lowest BCUT2D eigenvalue weighted by Gasteiger charge is -2.18. The smallest absolute Gasteiger partial charge is 0.266 e. The average Bonchev–Trinajstić information content (AvgIpc) is 2.73. The van der Waals surface area contributed by atoms with Crippen LogP contribution < -0.4 is 10.5 Å². The Kier molecular flexibility index (Phi) is 5.17. The Bertz CT molecular complexity index is 1170. The van der Waals surface area contributed by atoms with E-state index in [-0.39, 0.29) is 5.56 Å². The maximum atomic E-state index is 13.2. The van der Waals surface area contributed by atoms with E-state index < -0.39 is 0 Å². The molecule has 0 atom stereocenters. The number of hydrogen-bond acceptors (Lipinski definition) is 4. The first-order chi connectivity index (χ1) is 13.6. The molecule has 0 fully saturated rings. The van der Waals surface area contributed by atoms with Crippen molar-refractivity contribution < 1.29 is 0 Å². The van der Waals surface area contributed by atoms with Gasteiger partial charge in [-0.3, -0.25) is 9.36 Å². The molecule has 0 aliphatic heterocycles. The van der Waals surface area contributed by atoms with Crippen LogP contribution in [0, 0.1) is 0 Å². The Hall–Kier alpha value is -3.05. The third-order valence-electron chi connectivity index (χ3n) is 4.59. The number of rotatable bonds is 5. The van der Waals surface area contributed by atoms with Crippen LogP contribution in [0.5, 0.6) is 0 Å². The predicted molar refractivity (Wildman–Crippen MR) is 118 cm³/mol. The second kappa shape index (κ2) is 7.90. The van der Waals surface area contributed by atoms with Crippen molar-refractivity contribution in [3.05, 3.63) is 94.8 Å². The number of fused-ring (bicyclic) bond motifs is 1. The molecule has 0 N–H and O–H groups in total. The lowest BCUT2D eigenvalue weighted by atomic mass is 10.2. The fourth-order valence-corrected chi connectivity index (χ4v) is 4.23. The molecule has 0 amide bonds. The summed E-state index contributed by atoms with van der Waals surface area (Å²) >= 11 is 1.58. The van der Waals surface area contributed by atoms with E-state index in [1.54, 1.807) is 16.3 Å². The number of hydrogen-bond donors (Lipinski definition) is 0. The van der Waals surface area contributed by atoms with Gasteiger partial charge in [0.25, 0.3) is 5.56 Å². The van der Waals surface area contributed by atoms with Crippen LogP contribution in [-0.4, -0.2) is 23.6 Å². The minimum Gasteiger partial charge on any atom is -0.377 e. The second-order valence-electron chi connectivity index (χ2n) is 6.70. The van der Waals surface area contributed by atoms with E-state index in [2.05, 4.69) is 17.0 Å². The lowest BCUT2D eigenvalue weighted by Crippen LogP contribution is -2.21. The topological polar surface area (TPSA) is 38.1 Å². The van der Waals surface area contributed by atoms with Gasteiger partial charge >= 0.3 is 0 Å². The van der Waals surface area contributed by atoms with Crippen molar-refractivity contribution in [3.8, 4) is 5.69 Å². The molecule has 4 rings (SSSR count). The second-order valence-corrected chi connectivity index (χ2v) is 7.64. The van der Waals surface area contributed by atoms with Crippen LogP contribution in [0.4, 0.5) is 5.69 Å². The van der Waals surface area contributed by atoms with Crippen molar-refractivity contribution in [2.45, 2.75) is 10.9 Å². The first-order valence-electron chi connectivity index (χ1n) is 9.10. The van der Waals surface area contributed by atoms with E-state index in [0.717, 1.165) is 17.0 Å². The highest BCUT2D eigenvalue weighted by Gasteiger charge is 2.14. The molecule has 28 heavy (non-hydrogen) atoms. The quantitative estimate of drug-likeness (QED) is 0.366. The van der Waals surface area contributed by atoms with E-state index >= 15 is 0 Å². The van der Waals surface area contributed by atoms with E-state index in [9.17, 15) is 4.79 Å². The van der Waals surface area contributed by atoms with E-state index in [4.69, 9.17) is 4.98 Å². The summed E-state index contributed by atoms with van der Waals surface area (Å²) in [5, 5.41) is 1.33. The molecule has 4 aromatic rings. The van der Waals surface area contributed by atoms with Gasteiger partial charge in [0.1, 0.15) is 0 Å². The summed E-state index contributed by atoms with van der Waals surface area (Å²) in [6.45, 7) is 0. The SMILES string of the molecule is CN(C)c1ccccc1CSc1nc2ccccc2c(=O)n1-c1ccccc1. The number of anilines is 1. The predicted octanol–water partition coefficient (Wildman–Crippen LogP) is 4.74. The van der Waals surface area contributed by atoms with Crippen LogP contribution in [0.25, 0.3) is 16.6 Å². The number of benzene rings is 3. The van der Waals surface area contributed by atoms with Crippen LogP contribution in [0.1, 0.15) is 5.56 Å². The Labute approximate surface area is 168 Å². The number of nitrogens with zero attached hydrogens (tertiary/aromatic N) is 3. The van der Waals surface area contributed by atoms with Crippen LogP contribution >= 0.6 is 11.8 Å². The number of thioether (sulfide) groups is 1. The Morgan fingerprint density at radius 2 is 1.57 bits per heavy atom. The molecule has 4 nitrogen and oxygen atoms in total. The number of aromatic nitrogens is 2. The molecule has 1 heterocycles. The van der Waals surface area contributed by atoms with Crippen LogP contribution in [0.3, 0.4) is 0 Å². The molecule has 0 saturated carbocycles. The molecule has 3 aromatic carbocycles. The third-order valence-corrected chi connectivity index (χ3v) is 5.58. The molecule has 0 saturated heterocycles. The van der Waals surface area contributed by atoms with Gasteiger partial charge in [-0.2, -0.15) is 0 Å². The highest BCUT2D eigenvalue weighted by Crippen LogP contribution is 2.28. The minimum absolute atomic E-state index is 0.0415. The minimum atomic E-state index is -0.0415. The zero-order valence-electron chi connectivity index (χ0n) is 15.9. The Morgan fingerprint density at radius 1 is 0.893 bits per heavy atom. The fraction of sp³-hybridized carbons (Fsp3) is 0.130. The molecule has 0 spiro atoms. The van der Waals surface area contributed by atoms with Crippen molar-refractivity contribution >= 4 is 28.4 Å². The average molecular weight is 388 g/mol. The molecule has 0 aliphatic rings. The normalized spacial score (nSPS) is 10.9. The van der Waals surface area contributed by atoms with Gasteiger partial charge in [-0.25, -0.2) is 4.98 Å². The molecular formula is C23H21N3OS. The molecule has 5 heteroatoms. The van der Waals surface area contributed by atoms with E-state index in [0.29, 0.717) is 10.5 Å². The first kappa shape index (κ1) is 18.3. The van der Waals surface area contributed by atoms with Crippen molar-refractivity contribution in [2.75, 3.05) is 19.0 Å². The Balaban J connectivity index is 1.81. The molecule has 0 aliphatic carbocycles. The van der Waals surface area contributed by atoms with E-state index in [1.165, 1.54) is 11.3 Å². The first-order valence-corrected chi connectivity index (χ1v) is 10.1. The molecule has 0 unspecified atom stereocenters. The van der Waals surface area contributed by atoms with Crippen molar-refractivity contribution in [2.24, 2.45) is 0 Å². The summed E-state index contributed by atoms with van der Waals surface area (Å²) in [5.41, 5.74) is 3.89. The molecule has 0 bridgehead atoms. The van der Waals surface area contributed by atoms with E-state index in [1.807, 2.05) is 80.8 Å². The lowest BCUT2D eigenvalue weighted by molar-refractivity contribution is 0.819. The van der Waals surface area contributed by atoms with Gasteiger partial charge in [0.05, 0.1) is 16.6 Å². The largest absolute Gasteiger partial charge is 0.377 e. The molecule has 140 valence electrons. The van der Waals surface area contributed by atoms with Gasteiger partial charge in [0.2, 0.25) is 0 Å². The summed E-state index contributed by atoms with van der Waals surface area (Å²) in [4.78, 5) is 20.2. The van der Waals surface area contributed by atoms with Crippen LogP contribution in [0.15, 0.2) is 88.8 Å². The van der Waals surface area contributed by atoms with Gasteiger partial charge in [-0.15, -0.1) is 0 Å². The van der Waals surface area contributed by atoms with Crippen LogP contribution in [-0.2, 0) is 5.75 Å². The monoisotopic (exact) mass is 387 g/mol. The maximum Gasteiger partial charge on any atom is 0.266 e.